The first-order valence-electron chi connectivity index (χ1n) is 8.07. The third-order valence-electron chi connectivity index (χ3n) is 3.69. The molecule has 0 bridgehead atoms. The highest BCUT2D eigenvalue weighted by atomic mass is 28.4. The molecule has 0 atom stereocenters. The molecule has 0 aliphatic heterocycles. The Morgan fingerprint density at radius 2 is 1.91 bits per heavy atom. The van der Waals surface area contributed by atoms with E-state index in [1.807, 2.05) is 6.07 Å². The molecule has 1 N–H and O–H groups in total. The molecule has 1 rings (SSSR count). The zero-order valence-electron chi connectivity index (χ0n) is 14.6. The minimum Gasteiger partial charge on any atom is -0.377 e. The molecule has 0 aliphatic carbocycles. The van der Waals surface area contributed by atoms with Crippen LogP contribution in [0.25, 0.3) is 0 Å². The number of hydrazine groups is 1. The molecule has 0 amide bonds. The van der Waals surface area contributed by atoms with Crippen LogP contribution in [0.4, 0.5) is 0 Å². The minimum atomic E-state index is -2.56. The normalized spacial score (nSPS) is 11.8. The molecule has 5 nitrogen and oxygen atoms in total. The summed E-state index contributed by atoms with van der Waals surface area (Å²) >= 11 is 0. The summed E-state index contributed by atoms with van der Waals surface area (Å²) < 4.78 is 16.8. The van der Waals surface area contributed by atoms with Crippen LogP contribution < -0.4 is 5.43 Å². The van der Waals surface area contributed by atoms with Gasteiger partial charge in [-0.05, 0) is 12.0 Å². The lowest BCUT2D eigenvalue weighted by molar-refractivity contribution is 0.106. The Kier molecular flexibility index (Phi) is 10.0. The van der Waals surface area contributed by atoms with Gasteiger partial charge in [-0.25, -0.2) is 5.01 Å². The Bertz CT molecular complexity index is 427. The third-order valence-corrected chi connectivity index (χ3v) is 6.50. The molecular weight excluding hydrogens is 308 g/mol. The first-order chi connectivity index (χ1) is 11.2. The van der Waals surface area contributed by atoms with E-state index in [0.717, 1.165) is 32.1 Å². The van der Waals surface area contributed by atoms with Gasteiger partial charge in [0.15, 0.2) is 0 Å². The fourth-order valence-corrected chi connectivity index (χ4v) is 4.22. The monoisotopic (exact) mass is 338 g/mol. The third kappa shape index (κ3) is 7.39. The molecule has 0 aliphatic rings. The second-order valence-electron chi connectivity index (χ2n) is 5.19. The SMILES string of the molecule is C=CCO[Si](CCCN(CC)NCc1ccccc1)(OC)OC. The Morgan fingerprint density at radius 3 is 2.48 bits per heavy atom. The minimum absolute atomic E-state index is 0.456. The molecule has 0 saturated carbocycles. The highest BCUT2D eigenvalue weighted by Gasteiger charge is 2.38. The Hall–Kier alpha value is -1.02. The van der Waals surface area contributed by atoms with Crippen molar-refractivity contribution in [2.45, 2.75) is 25.9 Å². The fourth-order valence-electron chi connectivity index (χ4n) is 2.30. The van der Waals surface area contributed by atoms with E-state index in [0.29, 0.717) is 6.61 Å². The lowest BCUT2D eigenvalue weighted by Crippen LogP contribution is -2.45. The predicted octanol–water partition coefficient (Wildman–Crippen LogP) is 2.84. The van der Waals surface area contributed by atoms with Crippen LogP contribution in [0.2, 0.25) is 6.04 Å². The largest absolute Gasteiger partial charge is 0.500 e. The lowest BCUT2D eigenvalue weighted by Gasteiger charge is -2.27. The van der Waals surface area contributed by atoms with Crippen LogP contribution in [0.3, 0.4) is 0 Å². The maximum atomic E-state index is 5.76. The Labute approximate surface area is 141 Å². The number of benzene rings is 1. The van der Waals surface area contributed by atoms with E-state index in [-0.39, 0.29) is 0 Å². The van der Waals surface area contributed by atoms with Gasteiger partial charge in [-0.3, -0.25) is 5.43 Å². The maximum absolute atomic E-state index is 5.76. The van der Waals surface area contributed by atoms with Gasteiger partial charge in [-0.2, -0.15) is 0 Å². The summed E-state index contributed by atoms with van der Waals surface area (Å²) in [6, 6.07) is 11.2. The summed E-state index contributed by atoms with van der Waals surface area (Å²) in [5.41, 5.74) is 4.74. The van der Waals surface area contributed by atoms with Crippen molar-refractivity contribution in [3.8, 4) is 0 Å². The average molecular weight is 339 g/mol. The molecule has 0 saturated heterocycles. The van der Waals surface area contributed by atoms with Crippen LogP contribution in [0.15, 0.2) is 43.0 Å². The first-order valence-corrected chi connectivity index (χ1v) is 10.0. The van der Waals surface area contributed by atoms with Crippen molar-refractivity contribution in [1.29, 1.82) is 0 Å². The van der Waals surface area contributed by atoms with Gasteiger partial charge in [0, 0.05) is 39.9 Å². The second-order valence-corrected chi connectivity index (χ2v) is 8.17. The van der Waals surface area contributed by atoms with E-state index >= 15 is 0 Å². The van der Waals surface area contributed by atoms with Crippen molar-refractivity contribution in [3.63, 3.8) is 0 Å². The van der Waals surface area contributed by atoms with Gasteiger partial charge in [-0.1, -0.05) is 43.3 Å². The van der Waals surface area contributed by atoms with Crippen LogP contribution in [0.1, 0.15) is 18.9 Å². The van der Waals surface area contributed by atoms with Crippen molar-refractivity contribution < 1.29 is 13.3 Å². The number of nitrogens with zero attached hydrogens (tertiary/aromatic N) is 1. The van der Waals surface area contributed by atoms with Crippen LogP contribution in [0.5, 0.6) is 0 Å². The Balaban J connectivity index is 2.38. The van der Waals surface area contributed by atoms with E-state index in [4.69, 9.17) is 13.3 Å². The van der Waals surface area contributed by atoms with Gasteiger partial charge in [0.1, 0.15) is 0 Å². The quantitative estimate of drug-likeness (QED) is 0.340. The smallest absolute Gasteiger partial charge is 0.377 e. The van der Waals surface area contributed by atoms with Gasteiger partial charge in [0.25, 0.3) is 0 Å². The highest BCUT2D eigenvalue weighted by Crippen LogP contribution is 2.16. The van der Waals surface area contributed by atoms with Gasteiger partial charge < -0.3 is 13.3 Å². The molecule has 23 heavy (non-hydrogen) atoms. The van der Waals surface area contributed by atoms with Gasteiger partial charge in [-0.15, -0.1) is 6.58 Å². The molecule has 0 unspecified atom stereocenters. The second kappa shape index (κ2) is 11.5. The molecule has 0 radical (unpaired) electrons. The van der Waals surface area contributed by atoms with E-state index in [1.54, 1.807) is 20.3 Å². The maximum Gasteiger partial charge on any atom is 0.500 e. The molecule has 6 heteroatoms. The lowest BCUT2D eigenvalue weighted by atomic mass is 10.2. The topological polar surface area (TPSA) is 43.0 Å². The average Bonchev–Trinajstić information content (AvgIpc) is 2.62. The standard InChI is InChI=1S/C17H30N2O3Si/c1-5-14-22-23(20-3,21-4)15-10-13-19(6-2)18-16-17-11-8-7-9-12-17/h5,7-9,11-12,18H,1,6,10,13-16H2,2-4H3. The number of rotatable bonds is 13. The molecule has 130 valence electrons. The fraction of sp³-hybridized carbons (Fsp3) is 0.529. The molecule has 0 heterocycles. The number of hydrogen-bond donors (Lipinski definition) is 1. The predicted molar refractivity (Wildman–Crippen MR) is 95.9 cm³/mol. The van der Waals surface area contributed by atoms with Crippen molar-refractivity contribution in [3.05, 3.63) is 48.6 Å². The zero-order chi connectivity index (χ0) is 17.0. The van der Waals surface area contributed by atoms with Crippen molar-refractivity contribution in [2.75, 3.05) is 33.9 Å². The van der Waals surface area contributed by atoms with Gasteiger partial charge in [0.2, 0.25) is 0 Å². The highest BCUT2D eigenvalue weighted by molar-refractivity contribution is 6.60. The van der Waals surface area contributed by atoms with Crippen LogP contribution in [0, 0.1) is 0 Å². The van der Waals surface area contributed by atoms with E-state index < -0.39 is 8.80 Å². The Morgan fingerprint density at radius 1 is 1.22 bits per heavy atom. The molecular formula is C17H30N2O3Si. The molecule has 1 aromatic carbocycles. The molecule has 1 aromatic rings. The van der Waals surface area contributed by atoms with Crippen LogP contribution in [-0.2, 0) is 19.8 Å². The van der Waals surface area contributed by atoms with E-state index in [9.17, 15) is 0 Å². The summed E-state index contributed by atoms with van der Waals surface area (Å²) in [5.74, 6) is 0. The van der Waals surface area contributed by atoms with Crippen molar-refractivity contribution in [2.24, 2.45) is 0 Å². The summed E-state index contributed by atoms with van der Waals surface area (Å²) in [6.07, 6.45) is 2.67. The van der Waals surface area contributed by atoms with Gasteiger partial charge >= 0.3 is 8.80 Å². The molecule has 0 fully saturated rings. The van der Waals surface area contributed by atoms with E-state index in [1.165, 1.54) is 5.56 Å². The zero-order valence-corrected chi connectivity index (χ0v) is 15.6. The van der Waals surface area contributed by atoms with Crippen LogP contribution in [-0.4, -0.2) is 47.7 Å². The summed E-state index contributed by atoms with van der Waals surface area (Å²) in [6.45, 7) is 8.96. The summed E-state index contributed by atoms with van der Waals surface area (Å²) in [7, 11) is 0.757. The summed E-state index contributed by atoms with van der Waals surface area (Å²) in [5, 5.41) is 2.21. The molecule has 0 spiro atoms. The van der Waals surface area contributed by atoms with Crippen molar-refractivity contribution in [1.82, 2.24) is 10.4 Å². The van der Waals surface area contributed by atoms with Gasteiger partial charge in [0.05, 0.1) is 6.61 Å². The first kappa shape index (κ1) is 20.0. The molecule has 0 aromatic heterocycles. The van der Waals surface area contributed by atoms with Crippen molar-refractivity contribution >= 4 is 8.80 Å². The van der Waals surface area contributed by atoms with Crippen LogP contribution >= 0.6 is 0 Å². The van der Waals surface area contributed by atoms with E-state index in [2.05, 4.69) is 48.2 Å². The number of nitrogens with one attached hydrogen (secondary N) is 1. The number of hydrogen-bond acceptors (Lipinski definition) is 5. The summed E-state index contributed by atoms with van der Waals surface area (Å²) in [4.78, 5) is 0.